The van der Waals surface area contributed by atoms with E-state index in [0.29, 0.717) is 12.6 Å². The van der Waals surface area contributed by atoms with Crippen LogP contribution in [0.2, 0.25) is 0 Å². The third kappa shape index (κ3) is 3.25. The summed E-state index contributed by atoms with van der Waals surface area (Å²) in [5, 5.41) is 0.990. The average molecular weight is 358 g/mol. The number of aliphatic imine (C=N–C) groups is 1. The molecule has 2 N–H and O–H groups in total. The van der Waals surface area contributed by atoms with Gasteiger partial charge in [-0.2, -0.15) is 0 Å². The minimum Gasteiger partial charge on any atom is -0.328 e. The normalized spacial score (nSPS) is 15.4. The number of thioether (sulfide) groups is 1. The maximum Gasteiger partial charge on any atom is 0.159 e. The van der Waals surface area contributed by atoms with Gasteiger partial charge >= 0.3 is 0 Å². The van der Waals surface area contributed by atoms with Gasteiger partial charge in [0.25, 0.3) is 0 Å². The SMILES string of the molecule is CCC(CC)n1cc(C)c2nc(C3=C(C)N=C(CN)SC3)c(C)nc21. The molecule has 0 aliphatic carbocycles. The summed E-state index contributed by atoms with van der Waals surface area (Å²) in [6.45, 7) is 11.2. The Morgan fingerprint density at radius 3 is 2.52 bits per heavy atom. The number of nitrogens with two attached hydrogens (primary N) is 1. The van der Waals surface area contributed by atoms with Crippen molar-refractivity contribution in [2.45, 2.75) is 53.5 Å². The zero-order valence-electron chi connectivity index (χ0n) is 15.8. The van der Waals surface area contributed by atoms with Gasteiger partial charge in [-0.1, -0.05) is 13.8 Å². The third-order valence-electron chi connectivity index (χ3n) is 4.91. The Morgan fingerprint density at radius 1 is 1.20 bits per heavy atom. The lowest BCUT2D eigenvalue weighted by Crippen LogP contribution is -2.15. The van der Waals surface area contributed by atoms with Gasteiger partial charge in [0.05, 0.1) is 16.4 Å². The van der Waals surface area contributed by atoms with Crippen LogP contribution >= 0.6 is 11.8 Å². The maximum atomic E-state index is 5.73. The molecule has 0 bridgehead atoms. The van der Waals surface area contributed by atoms with E-state index >= 15 is 0 Å². The molecule has 25 heavy (non-hydrogen) atoms. The number of aryl methyl sites for hydroxylation is 2. The van der Waals surface area contributed by atoms with Crippen molar-refractivity contribution < 1.29 is 0 Å². The second kappa shape index (κ2) is 7.30. The molecule has 0 atom stereocenters. The molecule has 5 nitrogen and oxygen atoms in total. The molecular weight excluding hydrogens is 330 g/mol. The first-order valence-electron chi connectivity index (χ1n) is 8.96. The van der Waals surface area contributed by atoms with Gasteiger partial charge in [0.15, 0.2) is 5.65 Å². The van der Waals surface area contributed by atoms with Crippen molar-refractivity contribution in [1.82, 2.24) is 14.5 Å². The zero-order valence-corrected chi connectivity index (χ0v) is 16.6. The van der Waals surface area contributed by atoms with Crippen molar-refractivity contribution in [2.75, 3.05) is 12.3 Å². The molecule has 1 aliphatic rings. The van der Waals surface area contributed by atoms with Gasteiger partial charge < -0.3 is 10.3 Å². The van der Waals surface area contributed by atoms with Gasteiger partial charge in [0.2, 0.25) is 0 Å². The predicted molar refractivity (Wildman–Crippen MR) is 108 cm³/mol. The highest BCUT2D eigenvalue weighted by Crippen LogP contribution is 2.32. The molecule has 1 aliphatic heterocycles. The van der Waals surface area contributed by atoms with E-state index in [0.717, 1.165) is 51.9 Å². The molecule has 3 rings (SSSR count). The van der Waals surface area contributed by atoms with Gasteiger partial charge in [-0.05, 0) is 39.2 Å². The van der Waals surface area contributed by atoms with Crippen molar-refractivity contribution >= 4 is 33.5 Å². The molecule has 2 aromatic rings. The van der Waals surface area contributed by atoms with Crippen LogP contribution in [0, 0.1) is 13.8 Å². The lowest BCUT2D eigenvalue weighted by atomic mass is 10.1. The Balaban J connectivity index is 2.15. The molecule has 0 spiro atoms. The van der Waals surface area contributed by atoms with Crippen LogP contribution in [0.4, 0.5) is 0 Å². The van der Waals surface area contributed by atoms with Crippen molar-refractivity contribution in [1.29, 1.82) is 0 Å². The first-order chi connectivity index (χ1) is 12.0. The first kappa shape index (κ1) is 18.1. The van der Waals surface area contributed by atoms with Gasteiger partial charge in [0.1, 0.15) is 5.52 Å². The van der Waals surface area contributed by atoms with E-state index in [1.807, 2.05) is 6.92 Å². The highest BCUT2D eigenvalue weighted by atomic mass is 32.2. The maximum absolute atomic E-state index is 5.73. The second-order valence-corrected chi connectivity index (χ2v) is 7.63. The van der Waals surface area contributed by atoms with Gasteiger partial charge in [-0.3, -0.25) is 0 Å². The second-order valence-electron chi connectivity index (χ2n) is 6.58. The molecule has 0 radical (unpaired) electrons. The summed E-state index contributed by atoms with van der Waals surface area (Å²) in [6.07, 6.45) is 4.40. The molecule has 2 aromatic heterocycles. The van der Waals surface area contributed by atoms with Crippen LogP contribution in [0.5, 0.6) is 0 Å². The highest BCUT2D eigenvalue weighted by molar-refractivity contribution is 8.14. The summed E-state index contributed by atoms with van der Waals surface area (Å²) in [6, 6.07) is 0.471. The Hall–Kier alpha value is -1.66. The molecule has 0 saturated heterocycles. The van der Waals surface area contributed by atoms with Crippen molar-refractivity contribution in [2.24, 2.45) is 10.7 Å². The van der Waals surface area contributed by atoms with E-state index in [9.17, 15) is 0 Å². The summed E-state index contributed by atoms with van der Waals surface area (Å²) in [4.78, 5) is 14.6. The van der Waals surface area contributed by atoms with Crippen molar-refractivity contribution in [3.8, 4) is 0 Å². The van der Waals surface area contributed by atoms with Crippen LogP contribution in [0.25, 0.3) is 16.7 Å². The van der Waals surface area contributed by atoms with Crippen LogP contribution in [0.1, 0.15) is 56.6 Å². The summed E-state index contributed by atoms with van der Waals surface area (Å²) in [5.41, 5.74) is 13.0. The highest BCUT2D eigenvalue weighted by Gasteiger charge is 2.21. The standard InChI is InChI=1S/C19H27N5S/c1-6-14(7-2)24-9-11(3)17-19(24)22-13(5)18(23-17)15-10-25-16(8-20)21-12(15)4/h9,14H,6-8,10,20H2,1-5H3. The summed E-state index contributed by atoms with van der Waals surface area (Å²) in [5.74, 6) is 0.856. The molecule has 0 fully saturated rings. The number of hydrogen-bond donors (Lipinski definition) is 1. The Morgan fingerprint density at radius 2 is 1.92 bits per heavy atom. The van der Waals surface area contributed by atoms with Gasteiger partial charge in [0, 0.05) is 35.8 Å². The molecule has 0 aromatic carbocycles. The topological polar surface area (TPSA) is 69.1 Å². The van der Waals surface area contributed by atoms with Crippen molar-refractivity contribution in [3.63, 3.8) is 0 Å². The van der Waals surface area contributed by atoms with Crippen LogP contribution in [-0.2, 0) is 0 Å². The number of nitrogens with zero attached hydrogens (tertiary/aromatic N) is 4. The lowest BCUT2D eigenvalue weighted by molar-refractivity contribution is 0.482. The number of allylic oxidation sites excluding steroid dienone is 1. The van der Waals surface area contributed by atoms with E-state index in [-0.39, 0.29) is 0 Å². The van der Waals surface area contributed by atoms with E-state index < -0.39 is 0 Å². The largest absolute Gasteiger partial charge is 0.328 e. The van der Waals surface area contributed by atoms with Gasteiger partial charge in [-0.15, -0.1) is 11.8 Å². The van der Waals surface area contributed by atoms with Crippen molar-refractivity contribution in [3.05, 3.63) is 28.8 Å². The van der Waals surface area contributed by atoms with Crippen LogP contribution in [0.3, 0.4) is 0 Å². The summed E-state index contributed by atoms with van der Waals surface area (Å²) < 4.78 is 2.30. The van der Waals surface area contributed by atoms with Gasteiger partial charge in [-0.25, -0.2) is 15.0 Å². The molecule has 6 heteroatoms. The fourth-order valence-electron chi connectivity index (χ4n) is 3.42. The molecule has 3 heterocycles. The quantitative estimate of drug-likeness (QED) is 0.869. The Kier molecular flexibility index (Phi) is 5.29. The average Bonchev–Trinajstić information content (AvgIpc) is 2.91. The van der Waals surface area contributed by atoms with Crippen LogP contribution < -0.4 is 5.73 Å². The predicted octanol–water partition coefficient (Wildman–Crippen LogP) is 4.24. The molecule has 0 amide bonds. The monoisotopic (exact) mass is 357 g/mol. The Bertz CT molecular complexity index is 858. The molecular formula is C19H27N5S. The number of hydrogen-bond acceptors (Lipinski definition) is 5. The van der Waals surface area contributed by atoms with Crippen LogP contribution in [-0.4, -0.2) is 31.9 Å². The summed E-state index contributed by atoms with van der Waals surface area (Å²) >= 11 is 1.70. The fourth-order valence-corrected chi connectivity index (χ4v) is 4.40. The zero-order chi connectivity index (χ0) is 18.1. The van der Waals surface area contributed by atoms with E-state index in [2.05, 4.69) is 43.5 Å². The van der Waals surface area contributed by atoms with E-state index in [4.69, 9.17) is 15.7 Å². The number of rotatable bonds is 5. The fraction of sp³-hybridized carbons (Fsp3) is 0.526. The molecule has 0 saturated carbocycles. The number of fused-ring (bicyclic) bond motifs is 1. The minimum atomic E-state index is 0.471. The van der Waals surface area contributed by atoms with E-state index in [1.165, 1.54) is 11.1 Å². The Labute approximate surface area is 153 Å². The van der Waals surface area contributed by atoms with Crippen LogP contribution in [0.15, 0.2) is 16.9 Å². The first-order valence-corrected chi connectivity index (χ1v) is 9.94. The summed E-state index contributed by atoms with van der Waals surface area (Å²) in [7, 11) is 0. The molecule has 134 valence electrons. The smallest absolute Gasteiger partial charge is 0.159 e. The lowest BCUT2D eigenvalue weighted by Gasteiger charge is -2.18. The minimum absolute atomic E-state index is 0.471. The molecule has 0 unspecified atom stereocenters. The third-order valence-corrected chi connectivity index (χ3v) is 5.94. The number of aromatic nitrogens is 3. The van der Waals surface area contributed by atoms with E-state index in [1.54, 1.807) is 11.8 Å².